The van der Waals surface area contributed by atoms with E-state index in [4.69, 9.17) is 14.2 Å². The third kappa shape index (κ3) is 5.81. The third-order valence-corrected chi connectivity index (χ3v) is 7.17. The smallest absolute Gasteiger partial charge is 0.343 e. The zero-order valence-corrected chi connectivity index (χ0v) is 23.0. The fourth-order valence-corrected chi connectivity index (χ4v) is 5.16. The Hall–Kier alpha value is -3.91. The average Bonchev–Trinajstić information content (AvgIpc) is 3.17. The van der Waals surface area contributed by atoms with Crippen LogP contribution in [0.2, 0.25) is 0 Å². The van der Waals surface area contributed by atoms with Gasteiger partial charge in [-0.3, -0.25) is 24.6 Å². The number of nitro groups is 1. The van der Waals surface area contributed by atoms with E-state index in [1.54, 1.807) is 42.5 Å². The summed E-state index contributed by atoms with van der Waals surface area (Å²) >= 11 is 2.72. The topological polar surface area (TPSA) is 125 Å². The number of para-hydroxylation sites is 1. The van der Waals surface area contributed by atoms with Gasteiger partial charge in [-0.25, -0.2) is 4.79 Å². The Labute approximate surface area is 234 Å². The van der Waals surface area contributed by atoms with Gasteiger partial charge in [-0.15, -0.1) is 0 Å². The van der Waals surface area contributed by atoms with Crippen molar-refractivity contribution in [1.29, 1.82) is 0 Å². The van der Waals surface area contributed by atoms with Gasteiger partial charge in [-0.1, -0.05) is 18.2 Å². The maximum atomic E-state index is 13.0. The van der Waals surface area contributed by atoms with Crippen LogP contribution in [0.15, 0.2) is 65.6 Å². The molecule has 4 rings (SSSR count). The van der Waals surface area contributed by atoms with Crippen LogP contribution in [0.1, 0.15) is 21.5 Å². The van der Waals surface area contributed by atoms with E-state index in [-0.39, 0.29) is 34.2 Å². The Balaban J connectivity index is 1.56. The lowest BCUT2D eigenvalue weighted by Gasteiger charge is -2.13. The molecule has 0 unspecified atom stereocenters. The van der Waals surface area contributed by atoms with Gasteiger partial charge in [-0.2, -0.15) is 0 Å². The minimum atomic E-state index is -0.590. The first-order valence-corrected chi connectivity index (χ1v) is 12.8. The van der Waals surface area contributed by atoms with Gasteiger partial charge in [-0.05, 0) is 82.4 Å². The second-order valence-corrected chi connectivity index (χ2v) is 9.96. The van der Waals surface area contributed by atoms with Crippen molar-refractivity contribution in [1.82, 2.24) is 4.90 Å². The fourth-order valence-electron chi connectivity index (χ4n) is 3.58. The first kappa shape index (κ1) is 27.1. The van der Waals surface area contributed by atoms with Crippen LogP contribution in [0.5, 0.6) is 17.2 Å². The lowest BCUT2D eigenvalue weighted by Crippen LogP contribution is -2.27. The molecular weight excluding hydrogens is 627 g/mol. The number of carbonyl (C=O) groups excluding carboxylic acids is 3. The van der Waals surface area contributed by atoms with Gasteiger partial charge in [0, 0.05) is 11.6 Å². The number of hydrogen-bond donors (Lipinski definition) is 0. The molecule has 0 saturated carbocycles. The first-order valence-electron chi connectivity index (χ1n) is 10.9. The Morgan fingerprint density at radius 3 is 2.45 bits per heavy atom. The van der Waals surface area contributed by atoms with E-state index in [1.807, 2.05) is 22.6 Å². The van der Waals surface area contributed by atoms with Gasteiger partial charge in [0.15, 0.2) is 11.5 Å². The van der Waals surface area contributed by atoms with Crippen LogP contribution in [-0.4, -0.2) is 41.2 Å². The molecule has 10 nitrogen and oxygen atoms in total. The number of nitrogens with zero attached hydrogens (tertiary/aromatic N) is 2. The first-order chi connectivity index (χ1) is 18.2. The van der Waals surface area contributed by atoms with E-state index >= 15 is 0 Å². The number of benzene rings is 3. The Bertz CT molecular complexity index is 1470. The van der Waals surface area contributed by atoms with Crippen LogP contribution in [0.3, 0.4) is 0 Å². The summed E-state index contributed by atoms with van der Waals surface area (Å²) in [6.07, 6.45) is 1.52. The molecule has 38 heavy (non-hydrogen) atoms. The van der Waals surface area contributed by atoms with Crippen molar-refractivity contribution in [3.63, 3.8) is 0 Å². The van der Waals surface area contributed by atoms with Crippen molar-refractivity contribution in [3.8, 4) is 17.2 Å². The molecule has 3 aromatic carbocycles. The van der Waals surface area contributed by atoms with E-state index in [1.165, 1.54) is 38.5 Å². The van der Waals surface area contributed by atoms with Gasteiger partial charge in [0.25, 0.3) is 16.8 Å². The van der Waals surface area contributed by atoms with Crippen molar-refractivity contribution in [2.45, 2.75) is 6.54 Å². The molecule has 3 aromatic rings. The number of esters is 1. The van der Waals surface area contributed by atoms with E-state index in [0.29, 0.717) is 20.4 Å². The maximum absolute atomic E-state index is 13.0. The summed E-state index contributed by atoms with van der Waals surface area (Å²) in [6.45, 7) is -0.222. The van der Waals surface area contributed by atoms with Crippen molar-refractivity contribution < 1.29 is 33.5 Å². The molecule has 1 fully saturated rings. The van der Waals surface area contributed by atoms with E-state index in [0.717, 1.165) is 16.7 Å². The Morgan fingerprint density at radius 1 is 1.08 bits per heavy atom. The van der Waals surface area contributed by atoms with E-state index < -0.39 is 22.0 Å². The summed E-state index contributed by atoms with van der Waals surface area (Å²) in [4.78, 5) is 50.1. The minimum Gasteiger partial charge on any atom is -0.497 e. The number of ether oxygens (including phenoxy) is 3. The molecule has 1 heterocycles. The molecule has 194 valence electrons. The molecule has 1 saturated heterocycles. The number of nitro benzene ring substituents is 1. The van der Waals surface area contributed by atoms with E-state index in [2.05, 4.69) is 0 Å². The average molecular weight is 646 g/mol. The molecule has 0 N–H and O–H groups in total. The lowest BCUT2D eigenvalue weighted by atomic mass is 10.1. The molecule has 0 atom stereocenters. The molecule has 0 radical (unpaired) electrons. The number of thioether (sulfide) groups is 1. The largest absolute Gasteiger partial charge is 0.497 e. The maximum Gasteiger partial charge on any atom is 0.343 e. The van der Waals surface area contributed by atoms with Crippen molar-refractivity contribution in [2.24, 2.45) is 0 Å². The summed E-state index contributed by atoms with van der Waals surface area (Å²) < 4.78 is 16.6. The van der Waals surface area contributed by atoms with Gasteiger partial charge in [0.2, 0.25) is 0 Å². The van der Waals surface area contributed by atoms with Crippen molar-refractivity contribution in [3.05, 3.63) is 95.9 Å². The van der Waals surface area contributed by atoms with Crippen LogP contribution in [-0.2, 0) is 11.3 Å². The van der Waals surface area contributed by atoms with Crippen molar-refractivity contribution >= 4 is 63.2 Å². The quantitative estimate of drug-likeness (QED) is 0.0760. The number of methoxy groups -OCH3 is 2. The predicted octanol–water partition coefficient (Wildman–Crippen LogP) is 5.67. The predicted molar refractivity (Wildman–Crippen MR) is 148 cm³/mol. The Kier molecular flexibility index (Phi) is 8.32. The van der Waals surface area contributed by atoms with Gasteiger partial charge in [0.1, 0.15) is 5.75 Å². The van der Waals surface area contributed by atoms with Crippen LogP contribution >= 0.6 is 34.4 Å². The normalized spacial score (nSPS) is 14.1. The summed E-state index contributed by atoms with van der Waals surface area (Å²) in [6, 6.07) is 15.6. The van der Waals surface area contributed by atoms with Crippen molar-refractivity contribution in [2.75, 3.05) is 14.2 Å². The highest BCUT2D eigenvalue weighted by Gasteiger charge is 2.36. The zero-order valence-electron chi connectivity index (χ0n) is 20.0. The zero-order chi connectivity index (χ0) is 27.4. The lowest BCUT2D eigenvalue weighted by molar-refractivity contribution is -0.385. The monoisotopic (exact) mass is 646 g/mol. The SMILES string of the molecule is COc1ccc(C(=O)Oc2c(I)cc(/C=C3\SC(=O)N(Cc4ccccc4[N+](=O)[O-])C3=O)cc2OC)cc1. The standard InChI is InChI=1S/C26H19IN2O8S/c1-35-18-9-7-16(8-10-18)25(31)37-23-19(27)11-15(12-21(23)36-2)13-22-24(30)28(26(32)38-22)14-17-5-3-4-6-20(17)29(33)34/h3-13H,14H2,1-2H3/b22-13-. The highest BCUT2D eigenvalue weighted by Crippen LogP contribution is 2.38. The number of rotatable bonds is 8. The number of amides is 2. The van der Waals surface area contributed by atoms with Gasteiger partial charge in [0.05, 0.1) is 39.7 Å². The fraction of sp³-hybridized carbons (Fsp3) is 0.115. The third-order valence-electron chi connectivity index (χ3n) is 5.46. The summed E-state index contributed by atoms with van der Waals surface area (Å²) in [5.74, 6) is -0.0981. The second-order valence-electron chi connectivity index (χ2n) is 7.81. The van der Waals surface area contributed by atoms with E-state index in [9.17, 15) is 24.5 Å². The summed E-state index contributed by atoms with van der Waals surface area (Å²) in [7, 11) is 2.94. The molecule has 0 aliphatic carbocycles. The number of halogens is 1. The Morgan fingerprint density at radius 2 is 1.79 bits per heavy atom. The molecule has 0 spiro atoms. The highest BCUT2D eigenvalue weighted by atomic mass is 127. The molecular formula is C26H19IN2O8S. The van der Waals surface area contributed by atoms with Crippen LogP contribution in [0.4, 0.5) is 10.5 Å². The summed E-state index contributed by atoms with van der Waals surface area (Å²) in [5, 5.41) is 10.8. The number of imide groups is 1. The highest BCUT2D eigenvalue weighted by molar-refractivity contribution is 14.1. The van der Waals surface area contributed by atoms with Gasteiger partial charge < -0.3 is 14.2 Å². The minimum absolute atomic E-state index is 0.148. The van der Waals surface area contributed by atoms with Crippen LogP contribution < -0.4 is 14.2 Å². The number of carbonyl (C=O) groups is 3. The second kappa shape index (κ2) is 11.6. The summed E-state index contributed by atoms with van der Waals surface area (Å²) in [5.41, 5.74) is 0.932. The molecule has 2 amide bonds. The molecule has 1 aliphatic rings. The molecule has 0 bridgehead atoms. The number of hydrogen-bond acceptors (Lipinski definition) is 9. The van der Waals surface area contributed by atoms with Gasteiger partial charge >= 0.3 is 5.97 Å². The van der Waals surface area contributed by atoms with Crippen LogP contribution in [0, 0.1) is 13.7 Å². The molecule has 0 aromatic heterocycles. The molecule has 12 heteroatoms. The molecule has 1 aliphatic heterocycles. The van der Waals surface area contributed by atoms with Crippen LogP contribution in [0.25, 0.3) is 6.08 Å².